The van der Waals surface area contributed by atoms with Crippen LogP contribution in [0.25, 0.3) is 0 Å². The van der Waals surface area contributed by atoms with Gasteiger partial charge in [0.1, 0.15) is 30.0 Å². The van der Waals surface area contributed by atoms with Gasteiger partial charge >= 0.3 is 6.09 Å². The van der Waals surface area contributed by atoms with Crippen LogP contribution in [0.15, 0.2) is 18.2 Å². The average Bonchev–Trinajstić information content (AvgIpc) is 2.83. The molecule has 9 nitrogen and oxygen atoms in total. The molecule has 0 aliphatic heterocycles. The van der Waals surface area contributed by atoms with Crippen LogP contribution in [-0.2, 0) is 14.3 Å². The normalized spacial score (nSPS) is 16.6. The molecule has 1 aromatic carbocycles. The molecule has 3 atom stereocenters. The lowest BCUT2D eigenvalue weighted by Crippen LogP contribution is -2.55. The molecule has 1 saturated carbocycles. The Balaban J connectivity index is 2.48. The van der Waals surface area contributed by atoms with Crippen LogP contribution in [0.3, 0.4) is 0 Å². The van der Waals surface area contributed by atoms with Crippen molar-refractivity contribution in [2.45, 2.75) is 104 Å². The summed E-state index contributed by atoms with van der Waals surface area (Å²) in [5, 5.41) is 25.5. The summed E-state index contributed by atoms with van der Waals surface area (Å²) in [6.45, 7) is 10.3. The zero-order valence-electron chi connectivity index (χ0n) is 23.0. The van der Waals surface area contributed by atoms with Gasteiger partial charge in [0, 0.05) is 6.04 Å². The highest BCUT2D eigenvalue weighted by atomic mass is 16.6. The lowest BCUT2D eigenvalue weighted by atomic mass is 9.93. The number of ether oxygens (including phenoxy) is 1. The maximum atomic E-state index is 14.0. The number of carbonyl (C=O) groups excluding carboxylic acids is 3. The van der Waals surface area contributed by atoms with Crippen molar-refractivity contribution in [3.63, 3.8) is 0 Å². The molecule has 3 amide bonds. The van der Waals surface area contributed by atoms with Crippen molar-refractivity contribution in [3.05, 3.63) is 29.3 Å². The molecule has 1 aliphatic carbocycles. The molecule has 0 bridgehead atoms. The van der Waals surface area contributed by atoms with Gasteiger partial charge in [-0.05, 0) is 69.7 Å². The third-order valence-electron chi connectivity index (χ3n) is 6.72. The lowest BCUT2D eigenvalue weighted by molar-refractivity contribution is -0.143. The van der Waals surface area contributed by atoms with Crippen LogP contribution in [0.2, 0.25) is 0 Å². The lowest BCUT2D eigenvalue weighted by Gasteiger charge is -2.35. The SMILES string of the molecule is CCC(C)C(NC(=O)OC(C)(C)C)C(=O)N(CC#N)C(C(=O)NC1CCCCC1)c1ccc(O)c(C)c1. The minimum absolute atomic E-state index is 0.00810. The van der Waals surface area contributed by atoms with E-state index < -0.39 is 29.7 Å². The van der Waals surface area contributed by atoms with E-state index in [1.807, 2.05) is 19.9 Å². The number of hydrogen-bond acceptors (Lipinski definition) is 6. The average molecular weight is 515 g/mol. The smallest absolute Gasteiger partial charge is 0.408 e. The largest absolute Gasteiger partial charge is 0.508 e. The number of nitrogens with one attached hydrogen (secondary N) is 2. The zero-order valence-corrected chi connectivity index (χ0v) is 23.0. The molecule has 3 N–H and O–H groups in total. The second kappa shape index (κ2) is 13.3. The first kappa shape index (κ1) is 29.9. The van der Waals surface area contributed by atoms with E-state index in [9.17, 15) is 24.8 Å². The van der Waals surface area contributed by atoms with Crippen molar-refractivity contribution in [2.24, 2.45) is 5.92 Å². The molecule has 204 valence electrons. The van der Waals surface area contributed by atoms with E-state index in [0.29, 0.717) is 17.5 Å². The van der Waals surface area contributed by atoms with E-state index in [-0.39, 0.29) is 30.2 Å². The molecule has 1 fully saturated rings. The van der Waals surface area contributed by atoms with Gasteiger partial charge in [0.05, 0.1) is 6.07 Å². The third-order valence-corrected chi connectivity index (χ3v) is 6.72. The van der Waals surface area contributed by atoms with E-state index >= 15 is 0 Å². The fraction of sp³-hybridized carbons (Fsp3) is 0.643. The van der Waals surface area contributed by atoms with E-state index in [1.54, 1.807) is 39.8 Å². The van der Waals surface area contributed by atoms with Gasteiger partial charge in [0.15, 0.2) is 0 Å². The molecule has 0 heterocycles. The van der Waals surface area contributed by atoms with Crippen LogP contribution < -0.4 is 10.6 Å². The molecule has 0 radical (unpaired) electrons. The van der Waals surface area contributed by atoms with Crippen LogP contribution in [-0.4, -0.2) is 52.1 Å². The predicted molar refractivity (Wildman–Crippen MR) is 141 cm³/mol. The second-order valence-corrected chi connectivity index (χ2v) is 10.9. The summed E-state index contributed by atoms with van der Waals surface area (Å²) in [7, 11) is 0. The molecular formula is C28H42N4O5. The Morgan fingerprint density at radius 3 is 2.41 bits per heavy atom. The minimum Gasteiger partial charge on any atom is -0.508 e. The molecule has 1 aliphatic rings. The predicted octanol–water partition coefficient (Wildman–Crippen LogP) is 4.48. The third kappa shape index (κ3) is 8.66. The Hall–Kier alpha value is -3.28. The summed E-state index contributed by atoms with van der Waals surface area (Å²) in [5.41, 5.74) is 0.265. The number of hydrogen-bond donors (Lipinski definition) is 3. The van der Waals surface area contributed by atoms with Gasteiger partial charge < -0.3 is 25.4 Å². The Labute approximate surface area is 220 Å². The molecule has 0 spiro atoms. The van der Waals surface area contributed by atoms with E-state index in [2.05, 4.69) is 10.6 Å². The minimum atomic E-state index is -1.11. The van der Waals surface area contributed by atoms with Crippen molar-refractivity contribution >= 4 is 17.9 Å². The first-order valence-electron chi connectivity index (χ1n) is 13.1. The number of benzene rings is 1. The van der Waals surface area contributed by atoms with Crippen molar-refractivity contribution < 1.29 is 24.2 Å². The van der Waals surface area contributed by atoms with Crippen LogP contribution >= 0.6 is 0 Å². The summed E-state index contributed by atoms with van der Waals surface area (Å²) < 4.78 is 5.38. The molecular weight excluding hydrogens is 472 g/mol. The highest BCUT2D eigenvalue weighted by molar-refractivity contribution is 5.92. The van der Waals surface area contributed by atoms with E-state index in [1.165, 1.54) is 11.0 Å². The van der Waals surface area contributed by atoms with Crippen molar-refractivity contribution in [1.29, 1.82) is 5.26 Å². The Kier molecular flexibility index (Phi) is 10.8. The summed E-state index contributed by atoms with van der Waals surface area (Å²) in [6, 6.07) is 4.61. The first-order chi connectivity index (χ1) is 17.4. The van der Waals surface area contributed by atoms with Gasteiger partial charge in [-0.15, -0.1) is 0 Å². The Bertz CT molecular complexity index is 991. The molecule has 9 heteroatoms. The van der Waals surface area contributed by atoms with Gasteiger partial charge in [0.25, 0.3) is 0 Å². The number of aryl methyl sites for hydroxylation is 1. The van der Waals surface area contributed by atoms with Gasteiger partial charge in [0.2, 0.25) is 11.8 Å². The topological polar surface area (TPSA) is 132 Å². The number of alkyl carbamates (subject to hydrolysis) is 1. The summed E-state index contributed by atoms with van der Waals surface area (Å²) in [4.78, 5) is 41.5. The maximum absolute atomic E-state index is 14.0. The van der Waals surface area contributed by atoms with Crippen LogP contribution in [0.5, 0.6) is 5.75 Å². The molecule has 0 saturated heterocycles. The quantitative estimate of drug-likeness (QED) is 0.416. The zero-order chi connectivity index (χ0) is 27.8. The fourth-order valence-corrected chi connectivity index (χ4v) is 4.52. The maximum Gasteiger partial charge on any atom is 0.408 e. The number of phenolic OH excluding ortho intramolecular Hbond substituents is 1. The van der Waals surface area contributed by atoms with Gasteiger partial charge in [-0.25, -0.2) is 4.79 Å². The Morgan fingerprint density at radius 2 is 1.86 bits per heavy atom. The molecule has 0 aromatic heterocycles. The first-order valence-corrected chi connectivity index (χ1v) is 13.1. The fourth-order valence-electron chi connectivity index (χ4n) is 4.52. The summed E-state index contributed by atoms with van der Waals surface area (Å²) in [5.74, 6) is -1.15. The van der Waals surface area contributed by atoms with Crippen LogP contribution in [0.1, 0.15) is 90.3 Å². The number of aromatic hydroxyl groups is 1. The highest BCUT2D eigenvalue weighted by Crippen LogP contribution is 2.29. The van der Waals surface area contributed by atoms with Crippen LogP contribution in [0.4, 0.5) is 4.79 Å². The number of rotatable bonds is 9. The Morgan fingerprint density at radius 1 is 1.22 bits per heavy atom. The second-order valence-electron chi connectivity index (χ2n) is 10.9. The molecule has 1 aromatic rings. The highest BCUT2D eigenvalue weighted by Gasteiger charge is 2.38. The number of nitrogens with zero attached hydrogens (tertiary/aromatic N) is 2. The van der Waals surface area contributed by atoms with Gasteiger partial charge in [-0.3, -0.25) is 9.59 Å². The van der Waals surface area contributed by atoms with Crippen LogP contribution in [0, 0.1) is 24.2 Å². The van der Waals surface area contributed by atoms with Crippen molar-refractivity contribution in [1.82, 2.24) is 15.5 Å². The number of phenols is 1. The van der Waals surface area contributed by atoms with E-state index in [0.717, 1.165) is 32.1 Å². The van der Waals surface area contributed by atoms with E-state index in [4.69, 9.17) is 4.74 Å². The monoisotopic (exact) mass is 514 g/mol. The number of carbonyl (C=O) groups is 3. The van der Waals surface area contributed by atoms with Gasteiger partial charge in [-0.1, -0.05) is 45.6 Å². The van der Waals surface area contributed by atoms with Crippen molar-refractivity contribution in [3.8, 4) is 11.8 Å². The molecule has 3 unspecified atom stereocenters. The molecule has 37 heavy (non-hydrogen) atoms. The number of nitriles is 1. The van der Waals surface area contributed by atoms with Gasteiger partial charge in [-0.2, -0.15) is 5.26 Å². The number of amides is 3. The standard InChI is InChI=1S/C28H42N4O5/c1-7-18(2)23(31-27(36)37-28(4,5)6)26(35)32(16-15-29)24(20-13-14-22(33)19(3)17-20)25(34)30-21-11-9-8-10-12-21/h13-14,17-18,21,23-24,33H,7-12,16H2,1-6H3,(H,30,34)(H,31,36). The summed E-state index contributed by atoms with van der Waals surface area (Å²) >= 11 is 0. The summed E-state index contributed by atoms with van der Waals surface area (Å²) in [6.07, 6.45) is 4.70. The van der Waals surface area contributed by atoms with Crippen molar-refractivity contribution in [2.75, 3.05) is 6.54 Å². The molecule has 2 rings (SSSR count).